The van der Waals surface area contributed by atoms with E-state index in [9.17, 15) is 4.79 Å². The van der Waals surface area contributed by atoms with Crippen molar-refractivity contribution in [3.8, 4) is 0 Å². The maximum absolute atomic E-state index is 12.0. The van der Waals surface area contributed by atoms with Crippen LogP contribution in [0.1, 0.15) is 26.2 Å². The van der Waals surface area contributed by atoms with Gasteiger partial charge in [0.2, 0.25) is 5.91 Å². The van der Waals surface area contributed by atoms with E-state index in [4.69, 9.17) is 10.5 Å². The number of carbonyl (C=O) groups excluding carboxylic acids is 1. The summed E-state index contributed by atoms with van der Waals surface area (Å²) in [7, 11) is 0. The lowest BCUT2D eigenvalue weighted by atomic mass is 10.0. The quantitative estimate of drug-likeness (QED) is 0.698. The van der Waals surface area contributed by atoms with Crippen molar-refractivity contribution in [2.24, 2.45) is 11.1 Å². The SMILES string of the molecule is CCNC(=O)C1COCCN1CC1(CCN)CC1. The number of hydrogen-bond acceptors (Lipinski definition) is 4. The summed E-state index contributed by atoms with van der Waals surface area (Å²) in [5.74, 6) is 0.0979. The molecule has 2 aliphatic rings. The summed E-state index contributed by atoms with van der Waals surface area (Å²) < 4.78 is 5.45. The van der Waals surface area contributed by atoms with Gasteiger partial charge in [-0.15, -0.1) is 0 Å². The second kappa shape index (κ2) is 5.99. The van der Waals surface area contributed by atoms with E-state index in [0.29, 0.717) is 18.6 Å². The standard InChI is InChI=1S/C13H25N3O2/c1-2-15-12(17)11-9-18-8-7-16(11)10-13(3-4-13)5-6-14/h11H,2-10,14H2,1H3,(H,15,17). The molecule has 2 rings (SSSR count). The van der Waals surface area contributed by atoms with Gasteiger partial charge >= 0.3 is 0 Å². The summed E-state index contributed by atoms with van der Waals surface area (Å²) in [5, 5.41) is 2.90. The number of hydrogen-bond donors (Lipinski definition) is 2. The van der Waals surface area contributed by atoms with Gasteiger partial charge in [-0.3, -0.25) is 9.69 Å². The molecule has 0 aromatic rings. The van der Waals surface area contributed by atoms with Gasteiger partial charge in [-0.05, 0) is 38.1 Å². The van der Waals surface area contributed by atoms with Crippen molar-refractivity contribution in [3.05, 3.63) is 0 Å². The Morgan fingerprint density at radius 3 is 2.94 bits per heavy atom. The van der Waals surface area contributed by atoms with Gasteiger partial charge in [-0.1, -0.05) is 0 Å². The van der Waals surface area contributed by atoms with Gasteiger partial charge in [0.1, 0.15) is 6.04 Å². The highest BCUT2D eigenvalue weighted by molar-refractivity contribution is 5.81. The van der Waals surface area contributed by atoms with Gasteiger partial charge < -0.3 is 15.8 Å². The monoisotopic (exact) mass is 255 g/mol. The summed E-state index contributed by atoms with van der Waals surface area (Å²) in [4.78, 5) is 14.3. The molecule has 0 spiro atoms. The molecule has 1 aliphatic heterocycles. The molecular formula is C13H25N3O2. The van der Waals surface area contributed by atoms with Crippen molar-refractivity contribution >= 4 is 5.91 Å². The zero-order valence-electron chi connectivity index (χ0n) is 11.3. The van der Waals surface area contributed by atoms with Crippen molar-refractivity contribution in [3.63, 3.8) is 0 Å². The van der Waals surface area contributed by atoms with Crippen molar-refractivity contribution in [1.29, 1.82) is 0 Å². The highest BCUT2D eigenvalue weighted by Gasteiger charge is 2.45. The molecule has 1 saturated carbocycles. The molecule has 5 heteroatoms. The summed E-state index contributed by atoms with van der Waals surface area (Å²) in [6, 6.07) is -0.117. The Morgan fingerprint density at radius 1 is 1.56 bits per heavy atom. The smallest absolute Gasteiger partial charge is 0.239 e. The van der Waals surface area contributed by atoms with E-state index in [-0.39, 0.29) is 11.9 Å². The van der Waals surface area contributed by atoms with Crippen molar-refractivity contribution in [2.75, 3.05) is 39.4 Å². The molecule has 0 bridgehead atoms. The lowest BCUT2D eigenvalue weighted by molar-refractivity contribution is -0.133. The number of likely N-dealkylation sites (N-methyl/N-ethyl adjacent to an activating group) is 1. The highest BCUT2D eigenvalue weighted by atomic mass is 16.5. The first-order chi connectivity index (χ1) is 8.71. The number of morpholine rings is 1. The third kappa shape index (κ3) is 3.22. The molecule has 5 nitrogen and oxygen atoms in total. The van der Waals surface area contributed by atoms with Gasteiger partial charge in [0.15, 0.2) is 0 Å². The predicted molar refractivity (Wildman–Crippen MR) is 70.2 cm³/mol. The van der Waals surface area contributed by atoms with Crippen LogP contribution in [0.5, 0.6) is 0 Å². The van der Waals surface area contributed by atoms with Crippen LogP contribution in [0.2, 0.25) is 0 Å². The van der Waals surface area contributed by atoms with E-state index in [0.717, 1.165) is 32.7 Å². The topological polar surface area (TPSA) is 67.6 Å². The Morgan fingerprint density at radius 2 is 2.33 bits per heavy atom. The van der Waals surface area contributed by atoms with Gasteiger partial charge in [0.25, 0.3) is 0 Å². The average molecular weight is 255 g/mol. The van der Waals surface area contributed by atoms with Crippen molar-refractivity contribution in [1.82, 2.24) is 10.2 Å². The molecule has 1 amide bonds. The fraction of sp³-hybridized carbons (Fsp3) is 0.923. The zero-order valence-corrected chi connectivity index (χ0v) is 11.3. The Labute approximate surface area is 109 Å². The number of nitrogens with one attached hydrogen (secondary N) is 1. The fourth-order valence-corrected chi connectivity index (χ4v) is 2.76. The molecule has 0 aromatic heterocycles. The van der Waals surface area contributed by atoms with Crippen LogP contribution in [0.25, 0.3) is 0 Å². The lowest BCUT2D eigenvalue weighted by Gasteiger charge is -2.36. The molecule has 0 aromatic carbocycles. The molecule has 1 aliphatic carbocycles. The van der Waals surface area contributed by atoms with Gasteiger partial charge in [0, 0.05) is 19.6 Å². The van der Waals surface area contributed by atoms with Crippen LogP contribution in [0.4, 0.5) is 0 Å². The number of rotatable bonds is 6. The normalized spacial score (nSPS) is 26.9. The first-order valence-corrected chi connectivity index (χ1v) is 7.00. The van der Waals surface area contributed by atoms with E-state index in [1.165, 1.54) is 12.8 Å². The third-order valence-corrected chi connectivity index (χ3v) is 4.06. The Kier molecular flexibility index (Phi) is 4.59. The summed E-state index contributed by atoms with van der Waals surface area (Å²) in [6.07, 6.45) is 3.58. The minimum absolute atomic E-state index is 0.0979. The van der Waals surface area contributed by atoms with E-state index < -0.39 is 0 Å². The number of carbonyl (C=O) groups is 1. The molecule has 2 fully saturated rings. The Balaban J connectivity index is 1.93. The van der Waals surface area contributed by atoms with E-state index in [1.54, 1.807) is 0 Å². The molecule has 1 heterocycles. The molecule has 1 unspecified atom stereocenters. The Bertz CT molecular complexity index is 292. The van der Waals surface area contributed by atoms with Crippen LogP contribution in [0.3, 0.4) is 0 Å². The number of amides is 1. The largest absolute Gasteiger partial charge is 0.378 e. The lowest BCUT2D eigenvalue weighted by Crippen LogP contribution is -2.55. The second-order valence-corrected chi connectivity index (χ2v) is 5.49. The molecule has 0 radical (unpaired) electrons. The van der Waals surface area contributed by atoms with Gasteiger partial charge in [-0.2, -0.15) is 0 Å². The van der Waals surface area contributed by atoms with Crippen LogP contribution in [0.15, 0.2) is 0 Å². The predicted octanol–water partition coefficient (Wildman–Crippen LogP) is -0.0477. The Hall–Kier alpha value is -0.650. The fourth-order valence-electron chi connectivity index (χ4n) is 2.76. The van der Waals surface area contributed by atoms with Crippen molar-refractivity contribution < 1.29 is 9.53 Å². The minimum Gasteiger partial charge on any atom is -0.378 e. The highest BCUT2D eigenvalue weighted by Crippen LogP contribution is 2.49. The zero-order chi connectivity index (χ0) is 13.0. The molecule has 18 heavy (non-hydrogen) atoms. The van der Waals surface area contributed by atoms with E-state index in [1.807, 2.05) is 6.92 Å². The van der Waals surface area contributed by atoms with Crippen LogP contribution in [-0.4, -0.2) is 56.2 Å². The first-order valence-electron chi connectivity index (χ1n) is 7.00. The summed E-state index contributed by atoms with van der Waals surface area (Å²) in [5.41, 5.74) is 6.07. The summed E-state index contributed by atoms with van der Waals surface area (Å²) >= 11 is 0. The number of nitrogens with zero attached hydrogens (tertiary/aromatic N) is 1. The molecule has 104 valence electrons. The van der Waals surface area contributed by atoms with Crippen LogP contribution >= 0.6 is 0 Å². The minimum atomic E-state index is -0.117. The third-order valence-electron chi connectivity index (χ3n) is 4.06. The summed E-state index contributed by atoms with van der Waals surface area (Å²) in [6.45, 7) is 6.47. The molecule has 3 N–H and O–H groups in total. The van der Waals surface area contributed by atoms with Crippen LogP contribution in [-0.2, 0) is 9.53 Å². The van der Waals surface area contributed by atoms with Crippen LogP contribution in [0, 0.1) is 5.41 Å². The second-order valence-electron chi connectivity index (χ2n) is 5.49. The van der Waals surface area contributed by atoms with Gasteiger partial charge in [0.05, 0.1) is 13.2 Å². The molecular weight excluding hydrogens is 230 g/mol. The molecule has 1 saturated heterocycles. The maximum Gasteiger partial charge on any atom is 0.239 e. The average Bonchev–Trinajstić information content (AvgIpc) is 3.10. The number of ether oxygens (including phenoxy) is 1. The maximum atomic E-state index is 12.0. The first kappa shape index (κ1) is 13.8. The van der Waals surface area contributed by atoms with E-state index in [2.05, 4.69) is 10.2 Å². The van der Waals surface area contributed by atoms with Gasteiger partial charge in [-0.25, -0.2) is 0 Å². The van der Waals surface area contributed by atoms with E-state index >= 15 is 0 Å². The van der Waals surface area contributed by atoms with Crippen molar-refractivity contribution in [2.45, 2.75) is 32.2 Å². The number of nitrogens with two attached hydrogens (primary N) is 1. The molecule has 1 atom stereocenters. The van der Waals surface area contributed by atoms with Crippen LogP contribution < -0.4 is 11.1 Å².